The van der Waals surface area contributed by atoms with E-state index in [1.165, 1.54) is 17.5 Å². The van der Waals surface area contributed by atoms with Crippen LogP contribution in [0.25, 0.3) is 0 Å². The molecule has 0 spiro atoms. The summed E-state index contributed by atoms with van der Waals surface area (Å²) < 4.78 is 5.99. The van der Waals surface area contributed by atoms with Crippen molar-refractivity contribution in [1.29, 1.82) is 0 Å². The summed E-state index contributed by atoms with van der Waals surface area (Å²) in [6.07, 6.45) is -0.0197. The molecule has 0 saturated heterocycles. The molecule has 1 amide bonds. The molecule has 0 aliphatic carbocycles. The number of ether oxygens (including phenoxy) is 1. The van der Waals surface area contributed by atoms with Gasteiger partial charge in [-0.2, -0.15) is 0 Å². The molecule has 1 aliphatic rings. The van der Waals surface area contributed by atoms with E-state index in [1.54, 1.807) is 0 Å². The van der Waals surface area contributed by atoms with E-state index in [-0.39, 0.29) is 6.54 Å². The molecule has 25 heavy (non-hydrogen) atoms. The lowest BCUT2D eigenvalue weighted by Crippen LogP contribution is -2.27. The second-order valence-corrected chi connectivity index (χ2v) is 7.08. The Labute approximate surface area is 153 Å². The zero-order valence-corrected chi connectivity index (χ0v) is 15.2. The van der Waals surface area contributed by atoms with Gasteiger partial charge in [0, 0.05) is 18.0 Å². The number of rotatable bonds is 4. The summed E-state index contributed by atoms with van der Waals surface area (Å²) in [6.45, 7) is 3.10. The number of carbonyl (C=O) groups is 1. The molecule has 132 valence electrons. The molecule has 2 aromatic carbocycles. The van der Waals surface area contributed by atoms with E-state index in [0.717, 1.165) is 23.3 Å². The average molecular weight is 360 g/mol. The predicted molar refractivity (Wildman–Crippen MR) is 98.5 cm³/mol. The van der Waals surface area contributed by atoms with Crippen molar-refractivity contribution in [1.82, 2.24) is 4.90 Å². The van der Waals surface area contributed by atoms with Gasteiger partial charge in [-0.15, -0.1) is 0 Å². The van der Waals surface area contributed by atoms with Gasteiger partial charge in [0.15, 0.2) is 0 Å². The molecule has 0 unspecified atom stereocenters. The average Bonchev–Trinajstić information content (AvgIpc) is 2.59. The maximum absolute atomic E-state index is 11.0. The number of halogens is 1. The third-order valence-corrected chi connectivity index (χ3v) is 5.26. The summed E-state index contributed by atoms with van der Waals surface area (Å²) in [5.41, 5.74) is 3.16. The summed E-state index contributed by atoms with van der Waals surface area (Å²) in [5, 5.41) is 9.63. The fourth-order valence-corrected chi connectivity index (χ4v) is 3.52. The van der Waals surface area contributed by atoms with Crippen molar-refractivity contribution in [3.63, 3.8) is 0 Å². The van der Waals surface area contributed by atoms with Crippen LogP contribution in [-0.2, 0) is 13.0 Å². The highest BCUT2D eigenvalue weighted by Gasteiger charge is 2.29. The maximum atomic E-state index is 11.0. The Morgan fingerprint density at radius 3 is 2.72 bits per heavy atom. The van der Waals surface area contributed by atoms with Crippen LogP contribution in [0.5, 0.6) is 5.75 Å². The molecule has 1 heterocycles. The van der Waals surface area contributed by atoms with Gasteiger partial charge in [-0.05, 0) is 41.2 Å². The Balaban J connectivity index is 1.80. The summed E-state index contributed by atoms with van der Waals surface area (Å²) in [4.78, 5) is 12.2. The van der Waals surface area contributed by atoms with Crippen LogP contribution in [0, 0.1) is 5.92 Å². The zero-order valence-electron chi connectivity index (χ0n) is 14.4. The molecule has 0 saturated carbocycles. The standard InChI is InChI=1S/C20H22ClNO3/c1-13-16(8-14-6-4-3-5-7-14)12-25-19-9-15(11-22(2)20(23)24)18(21)10-17(13)19/h3-7,9-10,13,16H,8,11-12H2,1-2H3,(H,23,24)/t13-,16-/m1/s1. The molecule has 2 aromatic rings. The number of hydrogen-bond donors (Lipinski definition) is 1. The van der Waals surface area contributed by atoms with E-state index in [1.807, 2.05) is 18.2 Å². The van der Waals surface area contributed by atoms with Crippen LogP contribution in [0.15, 0.2) is 42.5 Å². The molecular formula is C20H22ClNO3. The van der Waals surface area contributed by atoms with Crippen molar-refractivity contribution in [3.8, 4) is 5.75 Å². The van der Waals surface area contributed by atoms with E-state index in [0.29, 0.717) is 23.5 Å². The first kappa shape index (κ1) is 17.6. The monoisotopic (exact) mass is 359 g/mol. The molecule has 0 radical (unpaired) electrons. The molecule has 1 aliphatic heterocycles. The van der Waals surface area contributed by atoms with Crippen LogP contribution >= 0.6 is 11.6 Å². The normalized spacial score (nSPS) is 19.0. The number of carboxylic acid groups (broad SMARTS) is 1. The van der Waals surface area contributed by atoms with Gasteiger partial charge >= 0.3 is 6.09 Å². The lowest BCUT2D eigenvalue weighted by molar-refractivity contribution is 0.153. The van der Waals surface area contributed by atoms with Crippen molar-refractivity contribution in [2.75, 3.05) is 13.7 Å². The van der Waals surface area contributed by atoms with E-state index in [9.17, 15) is 4.79 Å². The molecular weight excluding hydrogens is 338 g/mol. The Morgan fingerprint density at radius 2 is 2.04 bits per heavy atom. The smallest absolute Gasteiger partial charge is 0.407 e. The van der Waals surface area contributed by atoms with Crippen LogP contribution in [0.4, 0.5) is 4.79 Å². The van der Waals surface area contributed by atoms with Crippen LogP contribution in [-0.4, -0.2) is 29.8 Å². The Kier molecular flexibility index (Phi) is 5.19. The first-order valence-electron chi connectivity index (χ1n) is 8.38. The molecule has 1 N–H and O–H groups in total. The van der Waals surface area contributed by atoms with Gasteiger partial charge in [0.05, 0.1) is 13.2 Å². The van der Waals surface area contributed by atoms with Gasteiger partial charge in [-0.25, -0.2) is 4.79 Å². The predicted octanol–water partition coefficient (Wildman–Crippen LogP) is 4.80. The maximum Gasteiger partial charge on any atom is 0.407 e. The third-order valence-electron chi connectivity index (χ3n) is 4.90. The SMILES string of the molecule is C[C@H]1c2cc(Cl)c(CN(C)C(=O)O)cc2OC[C@H]1Cc1ccccc1. The number of hydrogen-bond acceptors (Lipinski definition) is 2. The molecule has 0 fully saturated rings. The highest BCUT2D eigenvalue weighted by Crippen LogP contribution is 2.41. The Morgan fingerprint density at radius 1 is 1.32 bits per heavy atom. The highest BCUT2D eigenvalue weighted by atomic mass is 35.5. The minimum Gasteiger partial charge on any atom is -0.493 e. The first-order valence-corrected chi connectivity index (χ1v) is 8.76. The fraction of sp³-hybridized carbons (Fsp3) is 0.350. The lowest BCUT2D eigenvalue weighted by Gasteiger charge is -2.32. The Bertz CT molecular complexity index is 763. The molecule has 2 atom stereocenters. The van der Waals surface area contributed by atoms with Crippen molar-refractivity contribution in [2.24, 2.45) is 5.92 Å². The number of benzene rings is 2. The number of nitrogens with zero attached hydrogens (tertiary/aromatic N) is 1. The van der Waals surface area contributed by atoms with Crippen LogP contribution in [0.3, 0.4) is 0 Å². The first-order chi connectivity index (χ1) is 12.0. The van der Waals surface area contributed by atoms with Crippen molar-refractivity contribution in [3.05, 3.63) is 64.2 Å². The topological polar surface area (TPSA) is 49.8 Å². The summed E-state index contributed by atoms with van der Waals surface area (Å²) in [5.74, 6) is 1.53. The number of fused-ring (bicyclic) bond motifs is 1. The van der Waals surface area contributed by atoms with E-state index < -0.39 is 6.09 Å². The second kappa shape index (κ2) is 7.36. The van der Waals surface area contributed by atoms with Crippen molar-refractivity contribution < 1.29 is 14.6 Å². The van der Waals surface area contributed by atoms with Gasteiger partial charge in [-0.3, -0.25) is 0 Å². The summed E-state index contributed by atoms with van der Waals surface area (Å²) in [7, 11) is 1.53. The fourth-order valence-electron chi connectivity index (χ4n) is 3.28. The van der Waals surface area contributed by atoms with Crippen LogP contribution in [0.1, 0.15) is 29.5 Å². The highest BCUT2D eigenvalue weighted by molar-refractivity contribution is 6.31. The molecule has 0 aromatic heterocycles. The van der Waals surface area contributed by atoms with E-state index in [2.05, 4.69) is 31.2 Å². The molecule has 3 rings (SSSR count). The second-order valence-electron chi connectivity index (χ2n) is 6.67. The zero-order chi connectivity index (χ0) is 18.0. The third kappa shape index (κ3) is 3.90. The van der Waals surface area contributed by atoms with Crippen LogP contribution < -0.4 is 4.74 Å². The van der Waals surface area contributed by atoms with Gasteiger partial charge in [0.2, 0.25) is 0 Å². The molecule has 4 nitrogen and oxygen atoms in total. The summed E-state index contributed by atoms with van der Waals surface area (Å²) in [6, 6.07) is 14.2. The molecule has 0 bridgehead atoms. The van der Waals surface area contributed by atoms with Crippen LogP contribution in [0.2, 0.25) is 5.02 Å². The molecule has 5 heteroatoms. The quantitative estimate of drug-likeness (QED) is 0.852. The van der Waals surface area contributed by atoms with E-state index >= 15 is 0 Å². The van der Waals surface area contributed by atoms with Gasteiger partial charge in [0.25, 0.3) is 0 Å². The van der Waals surface area contributed by atoms with E-state index in [4.69, 9.17) is 21.4 Å². The van der Waals surface area contributed by atoms with Gasteiger partial charge < -0.3 is 14.7 Å². The number of amides is 1. The van der Waals surface area contributed by atoms with Crippen molar-refractivity contribution >= 4 is 17.7 Å². The summed E-state index contributed by atoms with van der Waals surface area (Å²) >= 11 is 6.41. The largest absolute Gasteiger partial charge is 0.493 e. The van der Waals surface area contributed by atoms with Gasteiger partial charge in [-0.1, -0.05) is 48.9 Å². The van der Waals surface area contributed by atoms with Gasteiger partial charge in [0.1, 0.15) is 5.75 Å². The lowest BCUT2D eigenvalue weighted by atomic mass is 9.81. The Hall–Kier alpha value is -2.20. The minimum absolute atomic E-state index is 0.243. The van der Waals surface area contributed by atoms with Crippen molar-refractivity contribution in [2.45, 2.75) is 25.8 Å². The minimum atomic E-state index is -0.981.